The van der Waals surface area contributed by atoms with E-state index >= 15 is 0 Å². The average molecular weight is 220 g/mol. The zero-order valence-corrected chi connectivity index (χ0v) is 11.7. The zero-order chi connectivity index (χ0) is 12.1. The molecule has 0 aromatic rings. The van der Waals surface area contributed by atoms with Gasteiger partial charge in [0, 0.05) is 12.8 Å². The third-order valence-corrected chi connectivity index (χ3v) is 3.91. The summed E-state index contributed by atoms with van der Waals surface area (Å²) in [5.74, 6) is 6.64. The molecule has 0 heterocycles. The predicted octanol–water partition coefficient (Wildman–Crippen LogP) is 5.18. The molecule has 1 aliphatic carbocycles. The largest absolute Gasteiger partial charge is 0.103 e. The van der Waals surface area contributed by atoms with Crippen LogP contribution in [0.5, 0.6) is 0 Å². The lowest BCUT2D eigenvalue weighted by atomic mass is 9.74. The predicted molar refractivity (Wildman–Crippen MR) is 72.3 cm³/mol. The SMILES string of the molecule is CC1(C)CCCC#CCCCC(C)(C)CC1. The zero-order valence-electron chi connectivity index (χ0n) is 11.7. The van der Waals surface area contributed by atoms with Gasteiger partial charge in [-0.1, -0.05) is 27.7 Å². The minimum absolute atomic E-state index is 0.512. The van der Waals surface area contributed by atoms with E-state index in [0.717, 1.165) is 12.8 Å². The monoisotopic (exact) mass is 220 g/mol. The molecular formula is C16H28. The molecule has 0 aromatic carbocycles. The van der Waals surface area contributed by atoms with Gasteiger partial charge in [0.15, 0.2) is 0 Å². The van der Waals surface area contributed by atoms with E-state index in [4.69, 9.17) is 0 Å². The van der Waals surface area contributed by atoms with Crippen molar-refractivity contribution in [3.63, 3.8) is 0 Å². The fourth-order valence-corrected chi connectivity index (χ4v) is 2.41. The van der Waals surface area contributed by atoms with Crippen molar-refractivity contribution in [2.45, 2.75) is 79.1 Å². The molecular weight excluding hydrogens is 192 g/mol. The van der Waals surface area contributed by atoms with Crippen LogP contribution < -0.4 is 0 Å². The first-order chi connectivity index (χ1) is 7.41. The van der Waals surface area contributed by atoms with Crippen molar-refractivity contribution < 1.29 is 0 Å². The van der Waals surface area contributed by atoms with Gasteiger partial charge in [-0.2, -0.15) is 0 Å². The fourth-order valence-electron chi connectivity index (χ4n) is 2.41. The standard InChI is InChI=1S/C16H28/c1-15(2)11-9-7-5-6-8-10-12-16(3,4)14-13-15/h7-14H2,1-4H3. The van der Waals surface area contributed by atoms with Gasteiger partial charge in [0.2, 0.25) is 0 Å². The summed E-state index contributed by atoms with van der Waals surface area (Å²) in [6, 6.07) is 0. The molecule has 0 radical (unpaired) electrons. The van der Waals surface area contributed by atoms with Crippen molar-refractivity contribution in [3.05, 3.63) is 0 Å². The first kappa shape index (κ1) is 13.6. The maximum atomic E-state index is 3.32. The van der Waals surface area contributed by atoms with Gasteiger partial charge in [-0.25, -0.2) is 0 Å². The van der Waals surface area contributed by atoms with Gasteiger partial charge in [-0.15, -0.1) is 11.8 Å². The highest BCUT2D eigenvalue weighted by Crippen LogP contribution is 2.37. The second kappa shape index (κ2) is 5.76. The quantitative estimate of drug-likeness (QED) is 0.494. The van der Waals surface area contributed by atoms with Gasteiger partial charge in [0.25, 0.3) is 0 Å². The van der Waals surface area contributed by atoms with E-state index in [1.165, 1.54) is 38.5 Å². The molecule has 0 spiro atoms. The van der Waals surface area contributed by atoms with Crippen LogP contribution in [0.4, 0.5) is 0 Å². The van der Waals surface area contributed by atoms with Crippen LogP contribution in [0.15, 0.2) is 0 Å². The molecule has 0 nitrogen and oxygen atoms in total. The summed E-state index contributed by atoms with van der Waals surface area (Å²) in [6.45, 7) is 9.68. The van der Waals surface area contributed by atoms with E-state index in [0.29, 0.717) is 10.8 Å². The molecule has 0 saturated carbocycles. The number of rotatable bonds is 0. The van der Waals surface area contributed by atoms with E-state index in [1.807, 2.05) is 0 Å². The highest BCUT2D eigenvalue weighted by Gasteiger charge is 2.23. The number of hydrogen-bond acceptors (Lipinski definition) is 0. The Balaban J connectivity index is 2.58. The molecule has 0 bridgehead atoms. The van der Waals surface area contributed by atoms with Crippen LogP contribution in [0.25, 0.3) is 0 Å². The molecule has 1 aliphatic rings. The average Bonchev–Trinajstić information content (AvgIpc) is 2.18. The Bertz CT molecular complexity index is 233. The lowest BCUT2D eigenvalue weighted by molar-refractivity contribution is 0.211. The topological polar surface area (TPSA) is 0 Å². The molecule has 0 heteroatoms. The van der Waals surface area contributed by atoms with Crippen molar-refractivity contribution in [3.8, 4) is 11.8 Å². The molecule has 0 aromatic heterocycles. The summed E-state index contributed by atoms with van der Waals surface area (Å²) in [6.07, 6.45) is 10.2. The Morgan fingerprint density at radius 2 is 1.00 bits per heavy atom. The Kier molecular flexibility index (Phi) is 4.90. The first-order valence-corrected chi connectivity index (χ1v) is 6.87. The molecule has 0 unspecified atom stereocenters. The summed E-state index contributed by atoms with van der Waals surface area (Å²) in [5, 5.41) is 0. The van der Waals surface area contributed by atoms with Gasteiger partial charge >= 0.3 is 0 Å². The second-order valence-electron chi connectivity index (χ2n) is 6.89. The molecule has 0 fully saturated rings. The highest BCUT2D eigenvalue weighted by molar-refractivity contribution is 4.99. The van der Waals surface area contributed by atoms with Crippen molar-refractivity contribution in [1.82, 2.24) is 0 Å². The lowest BCUT2D eigenvalue weighted by Gasteiger charge is -2.31. The summed E-state index contributed by atoms with van der Waals surface area (Å²) < 4.78 is 0. The summed E-state index contributed by atoms with van der Waals surface area (Å²) in [4.78, 5) is 0. The van der Waals surface area contributed by atoms with Crippen molar-refractivity contribution >= 4 is 0 Å². The van der Waals surface area contributed by atoms with Gasteiger partial charge in [-0.3, -0.25) is 0 Å². The maximum absolute atomic E-state index is 3.32. The molecule has 0 atom stereocenters. The van der Waals surface area contributed by atoms with Crippen LogP contribution in [0.2, 0.25) is 0 Å². The van der Waals surface area contributed by atoms with Crippen molar-refractivity contribution in [2.24, 2.45) is 10.8 Å². The van der Waals surface area contributed by atoms with Gasteiger partial charge in [0.05, 0.1) is 0 Å². The molecule has 92 valence electrons. The third-order valence-electron chi connectivity index (χ3n) is 3.91. The highest BCUT2D eigenvalue weighted by atomic mass is 14.3. The van der Waals surface area contributed by atoms with Crippen LogP contribution in [-0.4, -0.2) is 0 Å². The van der Waals surface area contributed by atoms with Crippen molar-refractivity contribution in [2.75, 3.05) is 0 Å². The smallest absolute Gasteiger partial charge is 0.00888 e. The second-order valence-corrected chi connectivity index (χ2v) is 6.89. The van der Waals surface area contributed by atoms with Crippen molar-refractivity contribution in [1.29, 1.82) is 0 Å². The van der Waals surface area contributed by atoms with E-state index in [9.17, 15) is 0 Å². The summed E-state index contributed by atoms with van der Waals surface area (Å²) in [7, 11) is 0. The molecule has 0 saturated heterocycles. The summed E-state index contributed by atoms with van der Waals surface area (Å²) in [5.41, 5.74) is 1.02. The first-order valence-electron chi connectivity index (χ1n) is 6.87. The van der Waals surface area contributed by atoms with Gasteiger partial charge < -0.3 is 0 Å². The molecule has 0 amide bonds. The van der Waals surface area contributed by atoms with Crippen LogP contribution in [0, 0.1) is 22.7 Å². The Hall–Kier alpha value is -0.440. The maximum Gasteiger partial charge on any atom is 0.00888 e. The van der Waals surface area contributed by atoms with Crippen LogP contribution in [0.1, 0.15) is 79.1 Å². The molecule has 1 rings (SSSR count). The van der Waals surface area contributed by atoms with Gasteiger partial charge in [-0.05, 0) is 49.4 Å². The molecule has 16 heavy (non-hydrogen) atoms. The Morgan fingerprint density at radius 3 is 1.38 bits per heavy atom. The van der Waals surface area contributed by atoms with E-state index in [-0.39, 0.29) is 0 Å². The Labute approximate surface area is 102 Å². The van der Waals surface area contributed by atoms with Gasteiger partial charge in [0.1, 0.15) is 0 Å². The minimum Gasteiger partial charge on any atom is -0.103 e. The van der Waals surface area contributed by atoms with E-state index < -0.39 is 0 Å². The molecule has 0 aliphatic heterocycles. The normalized spacial score (nSPS) is 25.8. The van der Waals surface area contributed by atoms with E-state index in [2.05, 4.69) is 39.5 Å². The lowest BCUT2D eigenvalue weighted by Crippen LogP contribution is -2.18. The minimum atomic E-state index is 0.512. The fraction of sp³-hybridized carbons (Fsp3) is 0.875. The van der Waals surface area contributed by atoms with Crippen LogP contribution >= 0.6 is 0 Å². The third kappa shape index (κ3) is 5.59. The van der Waals surface area contributed by atoms with Crippen LogP contribution in [0.3, 0.4) is 0 Å². The number of hydrogen-bond donors (Lipinski definition) is 0. The van der Waals surface area contributed by atoms with Crippen LogP contribution in [-0.2, 0) is 0 Å². The summed E-state index contributed by atoms with van der Waals surface area (Å²) >= 11 is 0. The Morgan fingerprint density at radius 1 is 0.625 bits per heavy atom. The van der Waals surface area contributed by atoms with E-state index in [1.54, 1.807) is 0 Å². The molecule has 0 N–H and O–H groups in total.